The van der Waals surface area contributed by atoms with Crippen molar-refractivity contribution >= 4 is 5.97 Å². The molecule has 0 spiro atoms. The number of carboxylic acids is 1. The summed E-state index contributed by atoms with van der Waals surface area (Å²) >= 11 is 0. The molecular weight excluding hydrogens is 232 g/mol. The van der Waals surface area contributed by atoms with Crippen LogP contribution in [0.15, 0.2) is 12.1 Å². The summed E-state index contributed by atoms with van der Waals surface area (Å²) in [5.74, 6) is 0.437. The molecule has 1 aromatic rings. The van der Waals surface area contributed by atoms with Crippen LogP contribution >= 0.6 is 0 Å². The van der Waals surface area contributed by atoms with E-state index in [1.54, 1.807) is 14.2 Å². The molecule has 1 saturated carbocycles. The second-order valence-corrected chi connectivity index (χ2v) is 4.73. The van der Waals surface area contributed by atoms with Crippen molar-refractivity contribution in [2.75, 3.05) is 14.2 Å². The van der Waals surface area contributed by atoms with Crippen LogP contribution in [0, 0.1) is 6.92 Å². The molecule has 0 radical (unpaired) electrons. The molecule has 1 aromatic carbocycles. The molecule has 1 aliphatic carbocycles. The van der Waals surface area contributed by atoms with Crippen LogP contribution in [0.25, 0.3) is 0 Å². The van der Waals surface area contributed by atoms with Crippen LogP contribution in [0.3, 0.4) is 0 Å². The summed E-state index contributed by atoms with van der Waals surface area (Å²) in [5, 5.41) is 9.56. The van der Waals surface area contributed by atoms with Gasteiger partial charge in [0.2, 0.25) is 0 Å². The minimum absolute atomic E-state index is 0.597. The molecule has 18 heavy (non-hydrogen) atoms. The van der Waals surface area contributed by atoms with E-state index >= 15 is 0 Å². The lowest BCUT2D eigenvalue weighted by molar-refractivity contribution is -0.147. The molecule has 4 nitrogen and oxygen atoms in total. The van der Waals surface area contributed by atoms with Gasteiger partial charge in [0.15, 0.2) is 0 Å². The average molecular weight is 250 g/mol. The van der Waals surface area contributed by atoms with Gasteiger partial charge in [0.25, 0.3) is 0 Å². The molecule has 0 amide bonds. The van der Waals surface area contributed by atoms with Gasteiger partial charge in [-0.15, -0.1) is 0 Å². The second kappa shape index (κ2) is 4.52. The Morgan fingerprint density at radius 3 is 2.33 bits per heavy atom. The first-order valence-electron chi connectivity index (χ1n) is 6.02. The molecule has 0 saturated heterocycles. The smallest absolute Gasteiger partial charge is 0.314 e. The highest BCUT2D eigenvalue weighted by Gasteiger charge is 2.49. The van der Waals surface area contributed by atoms with E-state index in [1.807, 2.05) is 19.1 Å². The SMILES string of the molecule is COc1ccc(C)c(OC)c1C1(C(=O)O)CCC1. The molecule has 0 heterocycles. The molecule has 1 fully saturated rings. The third-order valence-electron chi connectivity index (χ3n) is 3.84. The number of hydrogen-bond acceptors (Lipinski definition) is 3. The highest BCUT2D eigenvalue weighted by molar-refractivity contribution is 5.85. The van der Waals surface area contributed by atoms with Gasteiger partial charge in [0.1, 0.15) is 11.5 Å². The van der Waals surface area contributed by atoms with Crippen LogP contribution in [-0.2, 0) is 10.2 Å². The van der Waals surface area contributed by atoms with Crippen LogP contribution in [-0.4, -0.2) is 25.3 Å². The monoisotopic (exact) mass is 250 g/mol. The molecule has 0 atom stereocenters. The van der Waals surface area contributed by atoms with E-state index in [2.05, 4.69) is 0 Å². The summed E-state index contributed by atoms with van der Waals surface area (Å²) in [4.78, 5) is 11.6. The van der Waals surface area contributed by atoms with Gasteiger partial charge < -0.3 is 14.6 Å². The Labute approximate surface area is 107 Å². The lowest BCUT2D eigenvalue weighted by Gasteiger charge is -2.39. The number of aryl methyl sites for hydroxylation is 1. The van der Waals surface area contributed by atoms with E-state index in [0.29, 0.717) is 29.9 Å². The van der Waals surface area contributed by atoms with Crippen molar-refractivity contribution < 1.29 is 19.4 Å². The summed E-state index contributed by atoms with van der Waals surface area (Å²) in [6, 6.07) is 3.70. The van der Waals surface area contributed by atoms with Crippen LogP contribution < -0.4 is 9.47 Å². The predicted molar refractivity (Wildman–Crippen MR) is 67.4 cm³/mol. The maximum absolute atomic E-state index is 11.6. The highest BCUT2D eigenvalue weighted by atomic mass is 16.5. The van der Waals surface area contributed by atoms with Crippen LogP contribution in [0.1, 0.15) is 30.4 Å². The number of carboxylic acid groups (broad SMARTS) is 1. The van der Waals surface area contributed by atoms with Gasteiger partial charge in [-0.25, -0.2) is 0 Å². The van der Waals surface area contributed by atoms with Gasteiger partial charge in [0, 0.05) is 0 Å². The Morgan fingerprint density at radius 2 is 1.94 bits per heavy atom. The van der Waals surface area contributed by atoms with E-state index in [-0.39, 0.29) is 0 Å². The first kappa shape index (κ1) is 12.7. The molecule has 98 valence electrons. The van der Waals surface area contributed by atoms with Gasteiger partial charge in [-0.3, -0.25) is 4.79 Å². The molecule has 2 rings (SSSR count). The molecule has 0 aromatic heterocycles. The molecule has 4 heteroatoms. The largest absolute Gasteiger partial charge is 0.496 e. The summed E-state index contributed by atoms with van der Waals surface area (Å²) in [7, 11) is 3.13. The molecule has 0 aliphatic heterocycles. The van der Waals surface area contributed by atoms with Crippen LogP contribution in [0.5, 0.6) is 11.5 Å². The number of aliphatic carboxylic acids is 1. The fourth-order valence-electron chi connectivity index (χ4n) is 2.66. The van der Waals surface area contributed by atoms with Crippen molar-refractivity contribution in [2.24, 2.45) is 0 Å². The lowest BCUT2D eigenvalue weighted by Crippen LogP contribution is -2.43. The predicted octanol–water partition coefficient (Wildman–Crippen LogP) is 2.52. The molecular formula is C14H18O4. The van der Waals surface area contributed by atoms with Gasteiger partial charge >= 0.3 is 5.97 Å². The third kappa shape index (κ3) is 1.64. The zero-order chi connectivity index (χ0) is 13.3. The number of benzene rings is 1. The summed E-state index contributed by atoms with van der Waals surface area (Å²) < 4.78 is 10.7. The Balaban J connectivity index is 2.67. The van der Waals surface area contributed by atoms with Crippen molar-refractivity contribution in [3.63, 3.8) is 0 Å². The van der Waals surface area contributed by atoms with E-state index in [9.17, 15) is 9.90 Å². The Kier molecular flexibility index (Phi) is 3.20. The van der Waals surface area contributed by atoms with Gasteiger partial charge in [-0.05, 0) is 31.4 Å². The minimum atomic E-state index is -0.845. The zero-order valence-corrected chi connectivity index (χ0v) is 10.9. The Hall–Kier alpha value is -1.71. The average Bonchev–Trinajstić information content (AvgIpc) is 2.27. The van der Waals surface area contributed by atoms with Gasteiger partial charge in [-0.1, -0.05) is 12.5 Å². The van der Waals surface area contributed by atoms with E-state index < -0.39 is 11.4 Å². The molecule has 0 unspecified atom stereocenters. The summed E-state index contributed by atoms with van der Waals surface area (Å²) in [6.45, 7) is 1.91. The molecule has 0 bridgehead atoms. The zero-order valence-electron chi connectivity index (χ0n) is 10.9. The van der Waals surface area contributed by atoms with Crippen molar-refractivity contribution in [3.8, 4) is 11.5 Å². The van der Waals surface area contributed by atoms with Crippen LogP contribution in [0.2, 0.25) is 0 Å². The quantitative estimate of drug-likeness (QED) is 0.892. The standard InChI is InChI=1S/C14H18O4/c1-9-5-6-10(17-2)11(12(9)18-3)14(13(15)16)7-4-8-14/h5-6H,4,7-8H2,1-3H3,(H,15,16). The maximum atomic E-state index is 11.6. The van der Waals surface area contributed by atoms with Gasteiger partial charge in [-0.2, -0.15) is 0 Å². The fourth-order valence-corrected chi connectivity index (χ4v) is 2.66. The number of rotatable bonds is 4. The molecule has 1 aliphatic rings. The Bertz CT molecular complexity index is 475. The number of hydrogen-bond donors (Lipinski definition) is 1. The number of methoxy groups -OCH3 is 2. The van der Waals surface area contributed by atoms with E-state index in [1.165, 1.54) is 0 Å². The van der Waals surface area contributed by atoms with E-state index in [0.717, 1.165) is 12.0 Å². The normalized spacial score (nSPS) is 16.8. The van der Waals surface area contributed by atoms with Gasteiger partial charge in [0.05, 0.1) is 25.2 Å². The van der Waals surface area contributed by atoms with Crippen LogP contribution in [0.4, 0.5) is 0 Å². The Morgan fingerprint density at radius 1 is 1.28 bits per heavy atom. The highest BCUT2D eigenvalue weighted by Crippen LogP contribution is 2.51. The number of carbonyl (C=O) groups is 1. The van der Waals surface area contributed by atoms with Crippen molar-refractivity contribution in [2.45, 2.75) is 31.6 Å². The van der Waals surface area contributed by atoms with Crippen molar-refractivity contribution in [1.82, 2.24) is 0 Å². The molecule has 1 N–H and O–H groups in total. The first-order valence-corrected chi connectivity index (χ1v) is 6.02. The minimum Gasteiger partial charge on any atom is -0.496 e. The second-order valence-electron chi connectivity index (χ2n) is 4.73. The maximum Gasteiger partial charge on any atom is 0.314 e. The summed E-state index contributed by atoms with van der Waals surface area (Å²) in [5.41, 5.74) is 0.773. The van der Waals surface area contributed by atoms with E-state index in [4.69, 9.17) is 9.47 Å². The summed E-state index contributed by atoms with van der Waals surface area (Å²) in [6.07, 6.45) is 2.20. The van der Waals surface area contributed by atoms with Crippen molar-refractivity contribution in [3.05, 3.63) is 23.3 Å². The lowest BCUT2D eigenvalue weighted by atomic mass is 9.63. The van der Waals surface area contributed by atoms with Crippen molar-refractivity contribution in [1.29, 1.82) is 0 Å². The fraction of sp³-hybridized carbons (Fsp3) is 0.500. The first-order chi connectivity index (χ1) is 8.56. The third-order valence-corrected chi connectivity index (χ3v) is 3.84. The number of ether oxygens (including phenoxy) is 2. The topological polar surface area (TPSA) is 55.8 Å².